The Hall–Kier alpha value is -1.36. The molecule has 0 saturated carbocycles. The number of hydrogen-bond donors (Lipinski definition) is 2. The van der Waals surface area contributed by atoms with Crippen molar-refractivity contribution in [3.63, 3.8) is 0 Å². The van der Waals surface area contributed by atoms with Gasteiger partial charge in [0.1, 0.15) is 12.1 Å². The average Bonchev–Trinajstić information content (AvgIpc) is 2.37. The molecule has 0 unspecified atom stereocenters. The molecular weight excluding hydrogens is 216 g/mol. The van der Waals surface area contributed by atoms with Crippen molar-refractivity contribution in [3.05, 3.63) is 12.4 Å². The van der Waals surface area contributed by atoms with Crippen molar-refractivity contribution >= 4 is 5.82 Å². The van der Waals surface area contributed by atoms with Crippen LogP contribution in [0.2, 0.25) is 0 Å². The molecule has 0 aliphatic heterocycles. The summed E-state index contributed by atoms with van der Waals surface area (Å²) in [7, 11) is 0. The minimum atomic E-state index is -0.0994. The summed E-state index contributed by atoms with van der Waals surface area (Å²) in [5.74, 6) is 1.35. The van der Waals surface area contributed by atoms with E-state index in [1.807, 2.05) is 6.92 Å². The summed E-state index contributed by atoms with van der Waals surface area (Å²) in [5.41, 5.74) is 5.74. The lowest BCUT2D eigenvalue weighted by molar-refractivity contribution is 0.326. The summed E-state index contributed by atoms with van der Waals surface area (Å²) >= 11 is 0. The predicted molar refractivity (Wildman–Crippen MR) is 69.2 cm³/mol. The Balaban J connectivity index is 2.82. The SMILES string of the molecule is CCOc1cc(NC(CC)(CC)CN)ncn1. The van der Waals surface area contributed by atoms with Gasteiger partial charge in [-0.25, -0.2) is 9.97 Å². The molecule has 5 heteroatoms. The number of rotatable bonds is 7. The molecule has 0 aliphatic carbocycles. The molecule has 0 saturated heterocycles. The number of nitrogens with one attached hydrogen (secondary N) is 1. The summed E-state index contributed by atoms with van der Waals surface area (Å²) in [5, 5.41) is 3.38. The van der Waals surface area contributed by atoms with Crippen LogP contribution in [0.25, 0.3) is 0 Å². The predicted octanol–water partition coefficient (Wildman–Crippen LogP) is 1.80. The maximum absolute atomic E-state index is 5.84. The fraction of sp³-hybridized carbons (Fsp3) is 0.667. The maximum atomic E-state index is 5.84. The number of nitrogens with zero attached hydrogens (tertiary/aromatic N) is 2. The van der Waals surface area contributed by atoms with Crippen molar-refractivity contribution in [1.82, 2.24) is 9.97 Å². The second kappa shape index (κ2) is 6.39. The molecule has 0 fully saturated rings. The first kappa shape index (κ1) is 13.7. The van der Waals surface area contributed by atoms with E-state index in [9.17, 15) is 0 Å². The lowest BCUT2D eigenvalue weighted by atomic mass is 9.93. The number of anilines is 1. The molecule has 0 aromatic carbocycles. The largest absolute Gasteiger partial charge is 0.478 e. The van der Waals surface area contributed by atoms with E-state index in [4.69, 9.17) is 10.5 Å². The second-order valence-corrected chi connectivity index (χ2v) is 3.99. The molecule has 0 aliphatic rings. The van der Waals surface area contributed by atoms with Crippen LogP contribution in [-0.2, 0) is 0 Å². The maximum Gasteiger partial charge on any atom is 0.218 e. The first-order valence-electron chi connectivity index (χ1n) is 6.12. The summed E-state index contributed by atoms with van der Waals surface area (Å²) in [6, 6.07) is 1.80. The van der Waals surface area contributed by atoms with Gasteiger partial charge in [-0.1, -0.05) is 13.8 Å². The van der Waals surface area contributed by atoms with E-state index >= 15 is 0 Å². The third-order valence-corrected chi connectivity index (χ3v) is 3.07. The Kier molecular flexibility index (Phi) is 5.15. The molecule has 5 nitrogen and oxygen atoms in total. The van der Waals surface area contributed by atoms with E-state index in [1.54, 1.807) is 6.07 Å². The first-order chi connectivity index (χ1) is 8.19. The van der Waals surface area contributed by atoms with E-state index in [1.165, 1.54) is 6.33 Å². The van der Waals surface area contributed by atoms with Gasteiger partial charge in [0.25, 0.3) is 0 Å². The summed E-state index contributed by atoms with van der Waals surface area (Å²) in [6.45, 7) is 7.34. The lowest BCUT2D eigenvalue weighted by Gasteiger charge is -2.32. The van der Waals surface area contributed by atoms with Gasteiger partial charge in [0.2, 0.25) is 5.88 Å². The highest BCUT2D eigenvalue weighted by Crippen LogP contribution is 2.21. The quantitative estimate of drug-likeness (QED) is 0.758. The van der Waals surface area contributed by atoms with Crippen LogP contribution >= 0.6 is 0 Å². The molecule has 0 bridgehead atoms. The third kappa shape index (κ3) is 3.56. The van der Waals surface area contributed by atoms with Crippen LogP contribution in [-0.4, -0.2) is 28.7 Å². The zero-order valence-corrected chi connectivity index (χ0v) is 10.9. The van der Waals surface area contributed by atoms with Crippen molar-refractivity contribution in [2.45, 2.75) is 39.2 Å². The molecule has 0 atom stereocenters. The van der Waals surface area contributed by atoms with Gasteiger partial charge >= 0.3 is 0 Å². The highest BCUT2D eigenvalue weighted by atomic mass is 16.5. The lowest BCUT2D eigenvalue weighted by Crippen LogP contribution is -2.44. The van der Waals surface area contributed by atoms with Gasteiger partial charge < -0.3 is 15.8 Å². The molecular formula is C12H22N4O. The smallest absolute Gasteiger partial charge is 0.218 e. The molecule has 96 valence electrons. The van der Waals surface area contributed by atoms with Gasteiger partial charge in [-0.05, 0) is 19.8 Å². The normalized spacial score (nSPS) is 11.3. The van der Waals surface area contributed by atoms with Gasteiger partial charge in [-0.2, -0.15) is 0 Å². The molecule has 0 spiro atoms. The van der Waals surface area contributed by atoms with Crippen LogP contribution in [0, 0.1) is 0 Å². The standard InChI is InChI=1S/C12H22N4O/c1-4-12(5-2,8-13)16-10-7-11(17-6-3)15-9-14-10/h7,9H,4-6,8,13H2,1-3H3,(H,14,15,16). The molecule has 1 heterocycles. The fourth-order valence-electron chi connectivity index (χ4n) is 1.67. The number of ether oxygens (including phenoxy) is 1. The Morgan fingerprint density at radius 3 is 2.53 bits per heavy atom. The average molecular weight is 238 g/mol. The molecule has 1 aromatic heterocycles. The zero-order chi connectivity index (χ0) is 12.7. The number of hydrogen-bond acceptors (Lipinski definition) is 5. The van der Waals surface area contributed by atoms with Crippen molar-refractivity contribution in [2.24, 2.45) is 5.73 Å². The Morgan fingerprint density at radius 1 is 1.29 bits per heavy atom. The van der Waals surface area contributed by atoms with E-state index in [0.29, 0.717) is 19.0 Å². The van der Waals surface area contributed by atoms with Crippen LogP contribution in [0.15, 0.2) is 12.4 Å². The highest BCUT2D eigenvalue weighted by molar-refractivity contribution is 5.40. The summed E-state index contributed by atoms with van der Waals surface area (Å²) in [6.07, 6.45) is 3.40. The van der Waals surface area contributed by atoms with Gasteiger partial charge in [0.15, 0.2) is 0 Å². The summed E-state index contributed by atoms with van der Waals surface area (Å²) < 4.78 is 5.34. The molecule has 1 aromatic rings. The van der Waals surface area contributed by atoms with E-state index < -0.39 is 0 Å². The second-order valence-electron chi connectivity index (χ2n) is 3.99. The molecule has 0 amide bonds. The molecule has 0 radical (unpaired) electrons. The Morgan fingerprint density at radius 2 is 2.00 bits per heavy atom. The summed E-state index contributed by atoms with van der Waals surface area (Å²) in [4.78, 5) is 8.22. The number of nitrogens with two attached hydrogens (primary N) is 1. The van der Waals surface area contributed by atoms with Gasteiger partial charge in [0, 0.05) is 12.6 Å². The van der Waals surface area contributed by atoms with Crippen molar-refractivity contribution in [2.75, 3.05) is 18.5 Å². The Labute approximate surface area is 103 Å². The zero-order valence-electron chi connectivity index (χ0n) is 10.9. The van der Waals surface area contributed by atoms with Crippen LogP contribution in [0.5, 0.6) is 5.88 Å². The minimum absolute atomic E-state index is 0.0994. The molecule has 1 rings (SSSR count). The van der Waals surface area contributed by atoms with Gasteiger partial charge in [-0.15, -0.1) is 0 Å². The van der Waals surface area contributed by atoms with Crippen molar-refractivity contribution in [3.8, 4) is 5.88 Å². The van der Waals surface area contributed by atoms with E-state index in [2.05, 4.69) is 29.1 Å². The third-order valence-electron chi connectivity index (χ3n) is 3.07. The molecule has 3 N–H and O–H groups in total. The van der Waals surface area contributed by atoms with Gasteiger partial charge in [-0.3, -0.25) is 0 Å². The number of aromatic nitrogens is 2. The minimum Gasteiger partial charge on any atom is -0.478 e. The van der Waals surface area contributed by atoms with Crippen molar-refractivity contribution < 1.29 is 4.74 Å². The first-order valence-corrected chi connectivity index (χ1v) is 6.12. The van der Waals surface area contributed by atoms with Crippen LogP contribution in [0.1, 0.15) is 33.6 Å². The van der Waals surface area contributed by atoms with E-state index in [-0.39, 0.29) is 5.54 Å². The van der Waals surface area contributed by atoms with Crippen LogP contribution in [0.3, 0.4) is 0 Å². The van der Waals surface area contributed by atoms with E-state index in [0.717, 1.165) is 18.7 Å². The fourth-order valence-corrected chi connectivity index (χ4v) is 1.67. The Bertz CT molecular complexity index is 331. The van der Waals surface area contributed by atoms with Crippen LogP contribution < -0.4 is 15.8 Å². The topological polar surface area (TPSA) is 73.1 Å². The molecule has 17 heavy (non-hydrogen) atoms. The van der Waals surface area contributed by atoms with Crippen LogP contribution in [0.4, 0.5) is 5.82 Å². The highest BCUT2D eigenvalue weighted by Gasteiger charge is 2.24. The monoisotopic (exact) mass is 238 g/mol. The van der Waals surface area contributed by atoms with Crippen molar-refractivity contribution in [1.29, 1.82) is 0 Å². The van der Waals surface area contributed by atoms with Gasteiger partial charge in [0.05, 0.1) is 12.1 Å².